The van der Waals surface area contributed by atoms with E-state index < -0.39 is 0 Å². The summed E-state index contributed by atoms with van der Waals surface area (Å²) in [5.74, 6) is 0. The summed E-state index contributed by atoms with van der Waals surface area (Å²) in [6.45, 7) is 4.27. The average molecular weight is 945 g/mol. The Kier molecular flexibility index (Phi) is 11.4. The molecule has 74 heavy (non-hydrogen) atoms. The Labute approximate surface area is 433 Å². The van der Waals surface area contributed by atoms with Crippen LogP contribution >= 0.6 is 0 Å². The van der Waals surface area contributed by atoms with Crippen molar-refractivity contribution in [3.8, 4) is 44.5 Å². The van der Waals surface area contributed by atoms with Gasteiger partial charge in [-0.1, -0.05) is 217 Å². The van der Waals surface area contributed by atoms with E-state index in [0.29, 0.717) is 0 Å². The maximum Gasteiger partial charge on any atom is 0.0468 e. The van der Waals surface area contributed by atoms with Gasteiger partial charge in [-0.2, -0.15) is 0 Å². The minimum Gasteiger partial charge on any atom is -0.310 e. The van der Waals surface area contributed by atoms with Crippen molar-refractivity contribution >= 4 is 77.2 Å². The third-order valence-electron chi connectivity index (χ3n) is 14.8. The van der Waals surface area contributed by atoms with Crippen LogP contribution in [0, 0.1) is 13.8 Å². The van der Waals surface area contributed by atoms with Crippen LogP contribution < -0.4 is 9.80 Å². The molecule has 13 rings (SSSR count). The summed E-state index contributed by atoms with van der Waals surface area (Å²) in [5.41, 5.74) is 18.6. The van der Waals surface area contributed by atoms with Crippen LogP contribution in [0.1, 0.15) is 11.1 Å². The molecule has 0 N–H and O–H groups in total. The highest BCUT2D eigenvalue weighted by Gasteiger charge is 2.24. The van der Waals surface area contributed by atoms with Gasteiger partial charge in [0.25, 0.3) is 0 Å². The van der Waals surface area contributed by atoms with Crippen molar-refractivity contribution in [3.63, 3.8) is 0 Å². The molecule has 13 aromatic carbocycles. The third-order valence-corrected chi connectivity index (χ3v) is 14.8. The summed E-state index contributed by atoms with van der Waals surface area (Å²) in [7, 11) is 0. The van der Waals surface area contributed by atoms with Gasteiger partial charge < -0.3 is 9.80 Å². The Balaban J connectivity index is 1.09. The van der Waals surface area contributed by atoms with Crippen LogP contribution in [-0.4, -0.2) is 0 Å². The minimum atomic E-state index is 1.08. The first-order chi connectivity index (χ1) is 36.5. The van der Waals surface area contributed by atoms with Gasteiger partial charge in [-0.25, -0.2) is 0 Å². The number of benzene rings is 13. The smallest absolute Gasteiger partial charge is 0.0468 e. The Morgan fingerprint density at radius 2 is 0.527 bits per heavy atom. The summed E-state index contributed by atoms with van der Waals surface area (Å²) in [6, 6.07) is 103. The van der Waals surface area contributed by atoms with Crippen LogP contribution in [0.4, 0.5) is 34.1 Å². The van der Waals surface area contributed by atoms with Crippen LogP contribution in [0.3, 0.4) is 0 Å². The lowest BCUT2D eigenvalue weighted by molar-refractivity contribution is 1.29. The van der Waals surface area contributed by atoms with Crippen LogP contribution in [0.2, 0.25) is 0 Å². The molecule has 0 heterocycles. The van der Waals surface area contributed by atoms with E-state index in [9.17, 15) is 0 Å². The second kappa shape index (κ2) is 18.9. The normalized spacial score (nSPS) is 11.4. The quantitative estimate of drug-likeness (QED) is 0.126. The first-order valence-corrected chi connectivity index (χ1v) is 25.6. The van der Waals surface area contributed by atoms with Gasteiger partial charge in [0.1, 0.15) is 0 Å². The van der Waals surface area contributed by atoms with Crippen LogP contribution in [0.25, 0.3) is 87.6 Å². The highest BCUT2D eigenvalue weighted by molar-refractivity contribution is 6.26. The van der Waals surface area contributed by atoms with Gasteiger partial charge in [0, 0.05) is 34.1 Å². The molecule has 2 heteroatoms. The predicted molar refractivity (Wildman–Crippen MR) is 317 cm³/mol. The molecule has 0 fully saturated rings. The van der Waals surface area contributed by atoms with Crippen molar-refractivity contribution in [3.05, 3.63) is 290 Å². The maximum absolute atomic E-state index is 2.45. The molecule has 350 valence electrons. The molecule has 0 saturated heterocycles. The Morgan fingerprint density at radius 1 is 0.216 bits per heavy atom. The molecule has 0 atom stereocenters. The maximum atomic E-state index is 2.45. The molecule has 2 nitrogen and oxygen atoms in total. The van der Waals surface area contributed by atoms with Gasteiger partial charge in [-0.15, -0.1) is 0 Å². The zero-order valence-corrected chi connectivity index (χ0v) is 41.5. The fourth-order valence-corrected chi connectivity index (χ4v) is 11.1. The van der Waals surface area contributed by atoms with E-state index in [-0.39, 0.29) is 0 Å². The van der Waals surface area contributed by atoms with E-state index in [1.165, 1.54) is 98.7 Å². The van der Waals surface area contributed by atoms with Gasteiger partial charge in [-0.3, -0.25) is 0 Å². The second-order valence-corrected chi connectivity index (χ2v) is 19.4. The van der Waals surface area contributed by atoms with Crippen molar-refractivity contribution < 1.29 is 0 Å². The topological polar surface area (TPSA) is 6.48 Å². The molecule has 0 spiro atoms. The highest BCUT2D eigenvalue weighted by atomic mass is 15.1. The Bertz CT molecular complexity index is 3880. The summed E-state index contributed by atoms with van der Waals surface area (Å²) in [4.78, 5) is 4.80. The molecule has 0 aliphatic heterocycles. The molecule has 13 aromatic rings. The molecule has 0 aliphatic rings. The summed E-state index contributed by atoms with van der Waals surface area (Å²) in [5, 5.41) is 9.61. The number of nitrogens with zero attached hydrogens (tertiary/aromatic N) is 2. The van der Waals surface area contributed by atoms with E-state index in [1.54, 1.807) is 0 Å². The van der Waals surface area contributed by atoms with Crippen molar-refractivity contribution in [1.82, 2.24) is 0 Å². The van der Waals surface area contributed by atoms with Gasteiger partial charge >= 0.3 is 0 Å². The SMILES string of the molecule is Cc1ccc(-c2ccc(N(c3ccccc3)c3ccc4c(-c5cccc6ccccc56)c5cc(N(c6ccccc6)c6ccc(-c7ccc(C)cc7)cc6)ccc5c(-c5cccc6ccccc56)c4c3)cc2)cc1. The average Bonchev–Trinajstić information content (AvgIpc) is 3.46. The van der Waals surface area contributed by atoms with Crippen molar-refractivity contribution in [2.45, 2.75) is 13.8 Å². The summed E-state index contributed by atoms with van der Waals surface area (Å²) >= 11 is 0. The van der Waals surface area contributed by atoms with Crippen molar-refractivity contribution in [2.75, 3.05) is 9.80 Å². The summed E-state index contributed by atoms with van der Waals surface area (Å²) in [6.07, 6.45) is 0. The first-order valence-electron chi connectivity index (χ1n) is 25.6. The van der Waals surface area contributed by atoms with Crippen LogP contribution in [0.15, 0.2) is 279 Å². The number of hydrogen-bond donors (Lipinski definition) is 0. The number of aryl methyl sites for hydroxylation is 2. The van der Waals surface area contributed by atoms with Gasteiger partial charge in [0.05, 0.1) is 0 Å². The minimum absolute atomic E-state index is 1.08. The Morgan fingerprint density at radius 3 is 0.919 bits per heavy atom. The lowest BCUT2D eigenvalue weighted by Crippen LogP contribution is -2.10. The van der Waals surface area contributed by atoms with Crippen molar-refractivity contribution in [1.29, 1.82) is 0 Å². The molecular weight excluding hydrogens is 893 g/mol. The number of fused-ring (bicyclic) bond motifs is 4. The first kappa shape index (κ1) is 44.4. The lowest BCUT2D eigenvalue weighted by Gasteiger charge is -2.28. The molecule has 0 radical (unpaired) electrons. The van der Waals surface area contributed by atoms with E-state index in [4.69, 9.17) is 0 Å². The largest absolute Gasteiger partial charge is 0.310 e. The third kappa shape index (κ3) is 8.13. The van der Waals surface area contributed by atoms with E-state index in [0.717, 1.165) is 34.1 Å². The van der Waals surface area contributed by atoms with Gasteiger partial charge in [0.2, 0.25) is 0 Å². The van der Waals surface area contributed by atoms with Crippen LogP contribution in [0.5, 0.6) is 0 Å². The lowest BCUT2D eigenvalue weighted by atomic mass is 9.83. The molecule has 0 saturated carbocycles. The molecule has 0 bridgehead atoms. The van der Waals surface area contributed by atoms with E-state index in [2.05, 4.69) is 303 Å². The number of para-hydroxylation sites is 2. The standard InChI is InChI=1S/C72H52N2/c1-49-27-31-51(32-28-49)53-35-39-59(40-36-53)73(57-19-5-3-6-20-57)61-43-45-67-69(47-61)71(65-25-13-17-55-15-9-11-23-63(55)65)68-46-44-62(48-70(68)72(67)66-26-14-18-56-16-10-12-24-64(56)66)74(58-21-7-4-8-22-58)60-41-37-54(38-42-60)52-33-29-50(2)30-34-52/h3-48H,1-2H3. The molecule has 0 amide bonds. The highest BCUT2D eigenvalue weighted by Crippen LogP contribution is 2.50. The van der Waals surface area contributed by atoms with Gasteiger partial charge in [0.15, 0.2) is 0 Å². The zero-order valence-electron chi connectivity index (χ0n) is 41.5. The van der Waals surface area contributed by atoms with E-state index in [1.807, 2.05) is 0 Å². The number of anilines is 6. The second-order valence-electron chi connectivity index (χ2n) is 19.4. The fourth-order valence-electron chi connectivity index (χ4n) is 11.1. The fraction of sp³-hybridized carbons (Fsp3) is 0.0278. The monoisotopic (exact) mass is 944 g/mol. The molecular formula is C72H52N2. The predicted octanol–water partition coefficient (Wildman–Crippen LogP) is 20.5. The van der Waals surface area contributed by atoms with Crippen molar-refractivity contribution in [2.24, 2.45) is 0 Å². The Hall–Kier alpha value is -9.50. The van der Waals surface area contributed by atoms with Crippen LogP contribution in [-0.2, 0) is 0 Å². The summed E-state index contributed by atoms with van der Waals surface area (Å²) < 4.78 is 0. The van der Waals surface area contributed by atoms with Gasteiger partial charge in [-0.05, 0) is 174 Å². The zero-order chi connectivity index (χ0) is 49.5. The molecule has 0 unspecified atom stereocenters. The number of hydrogen-bond acceptors (Lipinski definition) is 2. The molecule has 0 aliphatic carbocycles. The number of rotatable bonds is 10. The van der Waals surface area contributed by atoms with E-state index >= 15 is 0 Å². The molecule has 0 aromatic heterocycles.